The summed E-state index contributed by atoms with van der Waals surface area (Å²) in [7, 11) is -3.61. The third-order valence-corrected chi connectivity index (χ3v) is 4.75. The Hall–Kier alpha value is -2.84. The molecule has 2 aromatic heterocycles. The van der Waals surface area contributed by atoms with Gasteiger partial charge in [0.1, 0.15) is 5.75 Å². The minimum Gasteiger partial charge on any atom is -0.424 e. The fourth-order valence-corrected chi connectivity index (χ4v) is 3.05. The smallest absolute Gasteiger partial charge is 0.322 e. The van der Waals surface area contributed by atoms with Crippen LogP contribution in [0, 0.1) is 6.92 Å². The maximum atomic E-state index is 12.3. The lowest BCUT2D eigenvalue weighted by atomic mass is 10.3. The van der Waals surface area contributed by atoms with Crippen LogP contribution in [-0.4, -0.2) is 23.4 Å². The van der Waals surface area contributed by atoms with E-state index >= 15 is 0 Å². The van der Waals surface area contributed by atoms with Crippen LogP contribution in [0.5, 0.6) is 11.8 Å². The van der Waals surface area contributed by atoms with Gasteiger partial charge in [0.25, 0.3) is 0 Å². The number of benzene rings is 1. The van der Waals surface area contributed by atoms with E-state index in [4.69, 9.17) is 4.74 Å². The highest BCUT2D eigenvalue weighted by molar-refractivity contribution is 7.89. The van der Waals surface area contributed by atoms with Crippen molar-refractivity contribution < 1.29 is 13.2 Å². The van der Waals surface area contributed by atoms with Crippen LogP contribution in [0.1, 0.15) is 11.3 Å². The fourth-order valence-electron chi connectivity index (χ4n) is 2.03. The Labute approximate surface area is 145 Å². The van der Waals surface area contributed by atoms with Crippen molar-refractivity contribution in [3.05, 3.63) is 72.3 Å². The number of nitrogens with one attached hydrogen (secondary N) is 1. The van der Waals surface area contributed by atoms with E-state index in [-0.39, 0.29) is 17.5 Å². The highest BCUT2D eigenvalue weighted by Gasteiger charge is 2.14. The van der Waals surface area contributed by atoms with Crippen molar-refractivity contribution in [2.24, 2.45) is 0 Å². The highest BCUT2D eigenvalue weighted by atomic mass is 32.2. The summed E-state index contributed by atoms with van der Waals surface area (Å²) in [5.74, 6) is 0.457. The number of aryl methyl sites for hydroxylation is 1. The molecule has 0 aliphatic heterocycles. The Morgan fingerprint density at radius 1 is 1.00 bits per heavy atom. The van der Waals surface area contributed by atoms with Crippen LogP contribution in [0.25, 0.3) is 0 Å². The van der Waals surface area contributed by atoms with Crippen molar-refractivity contribution in [3.8, 4) is 11.8 Å². The van der Waals surface area contributed by atoms with Crippen molar-refractivity contribution >= 4 is 10.0 Å². The molecule has 1 N–H and O–H groups in total. The quantitative estimate of drug-likeness (QED) is 0.729. The van der Waals surface area contributed by atoms with Gasteiger partial charge in [0.05, 0.1) is 4.90 Å². The fraction of sp³-hybridized carbons (Fsp3) is 0.118. The molecule has 0 aliphatic carbocycles. The number of rotatable bonds is 6. The first kappa shape index (κ1) is 17.0. The van der Waals surface area contributed by atoms with E-state index in [1.807, 2.05) is 6.92 Å². The summed E-state index contributed by atoms with van der Waals surface area (Å²) >= 11 is 0. The summed E-state index contributed by atoms with van der Waals surface area (Å²) < 4.78 is 32.7. The maximum Gasteiger partial charge on any atom is 0.322 e. The largest absolute Gasteiger partial charge is 0.424 e. The Morgan fingerprint density at radius 3 is 2.40 bits per heavy atom. The second-order valence-electron chi connectivity index (χ2n) is 5.23. The molecule has 25 heavy (non-hydrogen) atoms. The summed E-state index contributed by atoms with van der Waals surface area (Å²) in [6.07, 6.45) is 4.83. The molecule has 8 heteroatoms. The molecule has 0 atom stereocenters. The molecule has 0 radical (unpaired) electrons. The van der Waals surface area contributed by atoms with E-state index in [1.165, 1.54) is 12.1 Å². The summed E-state index contributed by atoms with van der Waals surface area (Å²) in [6.45, 7) is 2.03. The third kappa shape index (κ3) is 4.59. The molecule has 128 valence electrons. The van der Waals surface area contributed by atoms with Gasteiger partial charge in [-0.05, 0) is 55.0 Å². The van der Waals surface area contributed by atoms with Crippen LogP contribution in [0.3, 0.4) is 0 Å². The van der Waals surface area contributed by atoms with E-state index in [1.54, 1.807) is 48.9 Å². The summed E-state index contributed by atoms with van der Waals surface area (Å²) in [5, 5.41) is 0. The molecule has 0 aliphatic rings. The monoisotopic (exact) mass is 356 g/mol. The zero-order chi connectivity index (χ0) is 17.7. The molecular weight excluding hydrogens is 340 g/mol. The summed E-state index contributed by atoms with van der Waals surface area (Å²) in [5.41, 5.74) is 1.61. The summed E-state index contributed by atoms with van der Waals surface area (Å²) in [4.78, 5) is 12.2. The van der Waals surface area contributed by atoms with Crippen LogP contribution in [0.4, 0.5) is 0 Å². The average molecular weight is 356 g/mol. The first-order chi connectivity index (χ1) is 12.0. The molecule has 3 rings (SSSR count). The number of pyridine rings is 1. The number of aromatic nitrogens is 3. The Balaban J connectivity index is 1.68. The van der Waals surface area contributed by atoms with Gasteiger partial charge in [-0.25, -0.2) is 23.1 Å². The molecule has 0 bridgehead atoms. The normalized spacial score (nSPS) is 11.2. The van der Waals surface area contributed by atoms with Crippen molar-refractivity contribution in [2.75, 3.05) is 0 Å². The first-order valence-electron chi connectivity index (χ1n) is 7.49. The molecule has 0 unspecified atom stereocenters. The Morgan fingerprint density at radius 2 is 1.72 bits per heavy atom. The van der Waals surface area contributed by atoms with Gasteiger partial charge in [-0.2, -0.15) is 0 Å². The number of hydrogen-bond donors (Lipinski definition) is 1. The van der Waals surface area contributed by atoms with Crippen molar-refractivity contribution in [1.82, 2.24) is 19.7 Å². The van der Waals surface area contributed by atoms with E-state index in [9.17, 15) is 8.42 Å². The van der Waals surface area contributed by atoms with Gasteiger partial charge in [0.15, 0.2) is 0 Å². The molecule has 0 spiro atoms. The van der Waals surface area contributed by atoms with Gasteiger partial charge in [0, 0.05) is 30.8 Å². The summed E-state index contributed by atoms with van der Waals surface area (Å²) in [6, 6.07) is 11.5. The van der Waals surface area contributed by atoms with Gasteiger partial charge in [0.2, 0.25) is 10.0 Å². The van der Waals surface area contributed by atoms with E-state index in [0.717, 1.165) is 11.3 Å². The van der Waals surface area contributed by atoms with Gasteiger partial charge in [-0.15, -0.1) is 0 Å². The molecule has 1 aromatic carbocycles. The SMILES string of the molecule is Cc1ccnc(Oc2ccc(S(=O)(=O)NCc3ccncc3)cc2)n1. The molecule has 3 aromatic rings. The molecule has 2 heterocycles. The third-order valence-electron chi connectivity index (χ3n) is 3.33. The minimum absolute atomic E-state index is 0.152. The molecule has 0 saturated carbocycles. The van der Waals surface area contributed by atoms with Gasteiger partial charge >= 0.3 is 6.01 Å². The van der Waals surface area contributed by atoms with Crippen LogP contribution in [0.2, 0.25) is 0 Å². The number of nitrogens with zero attached hydrogens (tertiary/aromatic N) is 3. The predicted octanol–water partition coefficient (Wildman–Crippen LogP) is 2.45. The van der Waals surface area contributed by atoms with Crippen LogP contribution in [0.15, 0.2) is 66.0 Å². The van der Waals surface area contributed by atoms with Crippen molar-refractivity contribution in [3.63, 3.8) is 0 Å². The van der Waals surface area contributed by atoms with E-state index in [0.29, 0.717) is 5.75 Å². The standard InChI is InChI=1S/C17H16N4O3S/c1-13-6-11-19-17(21-13)24-15-2-4-16(5-3-15)25(22,23)20-12-14-7-9-18-10-8-14/h2-11,20H,12H2,1H3. The lowest BCUT2D eigenvalue weighted by Gasteiger charge is -2.08. The molecular formula is C17H16N4O3S. The molecule has 0 amide bonds. The van der Waals surface area contributed by atoms with E-state index in [2.05, 4.69) is 19.7 Å². The van der Waals surface area contributed by atoms with Crippen molar-refractivity contribution in [2.45, 2.75) is 18.4 Å². The number of ether oxygens (including phenoxy) is 1. The molecule has 7 nitrogen and oxygen atoms in total. The zero-order valence-corrected chi connectivity index (χ0v) is 14.3. The van der Waals surface area contributed by atoms with Crippen molar-refractivity contribution in [1.29, 1.82) is 0 Å². The second-order valence-corrected chi connectivity index (χ2v) is 7.00. The lowest BCUT2D eigenvalue weighted by molar-refractivity contribution is 0.440. The topological polar surface area (TPSA) is 94.1 Å². The zero-order valence-electron chi connectivity index (χ0n) is 13.5. The van der Waals surface area contributed by atoms with E-state index < -0.39 is 10.0 Å². The predicted molar refractivity (Wildman–Crippen MR) is 91.5 cm³/mol. The van der Waals surface area contributed by atoms with Crippen LogP contribution >= 0.6 is 0 Å². The number of hydrogen-bond acceptors (Lipinski definition) is 6. The van der Waals surface area contributed by atoms with Gasteiger partial charge in [-0.1, -0.05) is 0 Å². The molecule has 0 fully saturated rings. The van der Waals surface area contributed by atoms with Gasteiger partial charge in [-0.3, -0.25) is 4.98 Å². The first-order valence-corrected chi connectivity index (χ1v) is 8.97. The number of sulfonamides is 1. The Bertz CT molecular complexity index is 945. The second kappa shape index (κ2) is 7.37. The molecule has 0 saturated heterocycles. The highest BCUT2D eigenvalue weighted by Crippen LogP contribution is 2.20. The average Bonchev–Trinajstić information content (AvgIpc) is 2.62. The maximum absolute atomic E-state index is 12.3. The Kier molecular flexibility index (Phi) is 5.01. The van der Waals surface area contributed by atoms with Crippen LogP contribution < -0.4 is 9.46 Å². The van der Waals surface area contributed by atoms with Gasteiger partial charge < -0.3 is 4.74 Å². The minimum atomic E-state index is -3.61. The van der Waals surface area contributed by atoms with Crippen LogP contribution in [-0.2, 0) is 16.6 Å². The lowest BCUT2D eigenvalue weighted by Crippen LogP contribution is -2.23.